The van der Waals surface area contributed by atoms with Crippen LogP contribution in [0.3, 0.4) is 0 Å². The zero-order chi connectivity index (χ0) is 16.9. The molecule has 24 heavy (non-hydrogen) atoms. The monoisotopic (exact) mass is 315 g/mol. The van der Waals surface area contributed by atoms with Gasteiger partial charge in [-0.05, 0) is 37.0 Å². The predicted octanol–water partition coefficient (Wildman–Crippen LogP) is 5.21. The first-order valence-corrected chi connectivity index (χ1v) is 8.15. The van der Waals surface area contributed by atoms with Gasteiger partial charge in [-0.25, -0.2) is 0 Å². The molecule has 0 fully saturated rings. The smallest absolute Gasteiger partial charge is 0.184 e. The van der Waals surface area contributed by atoms with E-state index in [1.54, 1.807) is 6.08 Å². The number of ketones is 1. The van der Waals surface area contributed by atoms with Gasteiger partial charge in [0.25, 0.3) is 0 Å². The van der Waals surface area contributed by atoms with Gasteiger partial charge < -0.3 is 5.32 Å². The van der Waals surface area contributed by atoms with E-state index in [1.807, 2.05) is 54.6 Å². The standard InChI is InChI=1S/C22H21NO/c1-16-9-8-10-17(2)22(16)23-20(18-11-4-3-5-12-18)15-21(24)19-13-6-7-14-19/h3-13,15,23H,14H2,1-2H3/b20-15+. The molecule has 0 spiro atoms. The van der Waals surface area contributed by atoms with E-state index in [0.29, 0.717) is 6.42 Å². The van der Waals surface area contributed by atoms with Crippen LogP contribution < -0.4 is 5.32 Å². The lowest BCUT2D eigenvalue weighted by molar-refractivity contribution is -0.111. The fourth-order valence-electron chi connectivity index (χ4n) is 2.81. The largest absolute Gasteiger partial charge is 0.354 e. The summed E-state index contributed by atoms with van der Waals surface area (Å²) in [5.74, 6) is 0.0533. The lowest BCUT2D eigenvalue weighted by Gasteiger charge is -2.16. The van der Waals surface area contributed by atoms with Crippen molar-refractivity contribution in [1.82, 2.24) is 0 Å². The summed E-state index contributed by atoms with van der Waals surface area (Å²) in [7, 11) is 0. The molecule has 0 atom stereocenters. The van der Waals surface area contributed by atoms with Crippen molar-refractivity contribution in [2.45, 2.75) is 20.3 Å². The molecule has 0 aliphatic heterocycles. The quantitative estimate of drug-likeness (QED) is 0.767. The third kappa shape index (κ3) is 3.54. The maximum atomic E-state index is 12.6. The number of para-hydroxylation sites is 1. The zero-order valence-corrected chi connectivity index (χ0v) is 14.0. The van der Waals surface area contributed by atoms with Crippen LogP contribution in [0.5, 0.6) is 0 Å². The molecule has 0 bridgehead atoms. The van der Waals surface area contributed by atoms with Gasteiger partial charge in [-0.2, -0.15) is 0 Å². The van der Waals surface area contributed by atoms with Gasteiger partial charge in [0, 0.05) is 23.0 Å². The second kappa shape index (κ2) is 7.14. The minimum Gasteiger partial charge on any atom is -0.354 e. The Balaban J connectivity index is 1.98. The normalized spacial score (nSPS) is 13.8. The Morgan fingerprint density at radius 1 is 1.00 bits per heavy atom. The Labute approximate surface area is 143 Å². The highest BCUT2D eigenvalue weighted by Crippen LogP contribution is 2.26. The minimum atomic E-state index is 0.0533. The summed E-state index contributed by atoms with van der Waals surface area (Å²) >= 11 is 0. The number of rotatable bonds is 5. The van der Waals surface area contributed by atoms with Gasteiger partial charge in [0.05, 0.1) is 0 Å². The summed E-state index contributed by atoms with van der Waals surface area (Å²) in [5, 5.41) is 3.48. The lowest BCUT2D eigenvalue weighted by atomic mass is 10.0. The Morgan fingerprint density at radius 3 is 2.33 bits per heavy atom. The van der Waals surface area contributed by atoms with E-state index in [2.05, 4.69) is 31.3 Å². The molecule has 0 amide bonds. The van der Waals surface area contributed by atoms with Crippen LogP contribution in [0, 0.1) is 13.8 Å². The molecule has 3 rings (SSSR count). The third-order valence-corrected chi connectivity index (χ3v) is 4.19. The van der Waals surface area contributed by atoms with Crippen molar-refractivity contribution < 1.29 is 4.79 Å². The second-order valence-corrected chi connectivity index (χ2v) is 6.00. The fourth-order valence-corrected chi connectivity index (χ4v) is 2.81. The summed E-state index contributed by atoms with van der Waals surface area (Å²) in [4.78, 5) is 12.6. The minimum absolute atomic E-state index is 0.0533. The molecule has 1 aliphatic carbocycles. The maximum Gasteiger partial charge on any atom is 0.184 e. The average molecular weight is 315 g/mol. The summed E-state index contributed by atoms with van der Waals surface area (Å²) in [6.07, 6.45) is 8.24. The van der Waals surface area contributed by atoms with E-state index < -0.39 is 0 Å². The number of allylic oxidation sites excluding steroid dienone is 5. The van der Waals surface area contributed by atoms with Crippen LogP contribution in [0.15, 0.2) is 78.4 Å². The first-order chi connectivity index (χ1) is 11.6. The van der Waals surface area contributed by atoms with Crippen LogP contribution in [0.1, 0.15) is 23.1 Å². The van der Waals surface area contributed by atoms with Crippen molar-refractivity contribution in [2.24, 2.45) is 0 Å². The number of nitrogens with one attached hydrogen (secondary N) is 1. The first-order valence-electron chi connectivity index (χ1n) is 8.15. The van der Waals surface area contributed by atoms with E-state index >= 15 is 0 Å². The zero-order valence-electron chi connectivity index (χ0n) is 14.0. The predicted molar refractivity (Wildman–Crippen MR) is 101 cm³/mol. The Hall–Kier alpha value is -2.87. The molecule has 2 heteroatoms. The number of anilines is 1. The van der Waals surface area contributed by atoms with Gasteiger partial charge in [-0.1, -0.05) is 66.8 Å². The molecule has 2 nitrogen and oxygen atoms in total. The Kier molecular flexibility index (Phi) is 4.76. The van der Waals surface area contributed by atoms with Crippen molar-refractivity contribution in [3.8, 4) is 0 Å². The van der Waals surface area contributed by atoms with Crippen LogP contribution in [0.2, 0.25) is 0 Å². The van der Waals surface area contributed by atoms with Crippen molar-refractivity contribution in [3.05, 3.63) is 95.1 Å². The Bertz CT molecular complexity index is 821. The maximum absolute atomic E-state index is 12.6. The molecule has 0 saturated carbocycles. The van der Waals surface area contributed by atoms with Gasteiger partial charge in [0.15, 0.2) is 5.78 Å². The van der Waals surface area contributed by atoms with Crippen molar-refractivity contribution in [1.29, 1.82) is 0 Å². The summed E-state index contributed by atoms with van der Waals surface area (Å²) in [5.41, 5.74) is 6.02. The van der Waals surface area contributed by atoms with Crippen LogP contribution in [-0.2, 0) is 4.79 Å². The molecule has 2 aromatic carbocycles. The highest BCUT2D eigenvalue weighted by molar-refractivity contribution is 6.09. The van der Waals surface area contributed by atoms with Gasteiger partial charge in [0.2, 0.25) is 0 Å². The number of carbonyl (C=O) groups excluding carboxylic acids is 1. The van der Waals surface area contributed by atoms with E-state index in [1.165, 1.54) is 0 Å². The van der Waals surface area contributed by atoms with Crippen molar-refractivity contribution in [3.63, 3.8) is 0 Å². The molecule has 0 unspecified atom stereocenters. The second-order valence-electron chi connectivity index (χ2n) is 6.00. The molecule has 0 radical (unpaired) electrons. The van der Waals surface area contributed by atoms with E-state index in [4.69, 9.17) is 0 Å². The van der Waals surface area contributed by atoms with Crippen LogP contribution in [0.4, 0.5) is 5.69 Å². The average Bonchev–Trinajstić information content (AvgIpc) is 3.12. The molecule has 1 aliphatic rings. The molecule has 120 valence electrons. The van der Waals surface area contributed by atoms with Crippen LogP contribution >= 0.6 is 0 Å². The van der Waals surface area contributed by atoms with Gasteiger partial charge in [-0.3, -0.25) is 4.79 Å². The highest BCUT2D eigenvalue weighted by Gasteiger charge is 2.12. The third-order valence-electron chi connectivity index (χ3n) is 4.19. The van der Waals surface area contributed by atoms with Crippen molar-refractivity contribution >= 4 is 17.2 Å². The summed E-state index contributed by atoms with van der Waals surface area (Å²) in [6, 6.07) is 16.2. The van der Waals surface area contributed by atoms with Crippen LogP contribution in [0.25, 0.3) is 5.70 Å². The topological polar surface area (TPSA) is 29.1 Å². The number of carbonyl (C=O) groups is 1. The van der Waals surface area contributed by atoms with Gasteiger partial charge >= 0.3 is 0 Å². The molecule has 1 N–H and O–H groups in total. The lowest BCUT2D eigenvalue weighted by Crippen LogP contribution is -2.06. The van der Waals surface area contributed by atoms with Gasteiger partial charge in [-0.15, -0.1) is 0 Å². The van der Waals surface area contributed by atoms with E-state index in [-0.39, 0.29) is 5.78 Å². The Morgan fingerprint density at radius 2 is 1.71 bits per heavy atom. The molecule has 0 aromatic heterocycles. The molecule has 2 aromatic rings. The SMILES string of the molecule is Cc1cccc(C)c1N/C(=C/C(=O)C1=CC=CC1)c1ccccc1. The van der Waals surface area contributed by atoms with E-state index in [0.717, 1.165) is 33.6 Å². The number of aryl methyl sites for hydroxylation is 2. The van der Waals surface area contributed by atoms with Crippen LogP contribution in [-0.4, -0.2) is 5.78 Å². The molecular weight excluding hydrogens is 294 g/mol. The summed E-state index contributed by atoms with van der Waals surface area (Å²) < 4.78 is 0. The highest BCUT2D eigenvalue weighted by atomic mass is 16.1. The molecule has 0 saturated heterocycles. The van der Waals surface area contributed by atoms with E-state index in [9.17, 15) is 4.79 Å². The number of hydrogen-bond acceptors (Lipinski definition) is 2. The van der Waals surface area contributed by atoms with Gasteiger partial charge in [0.1, 0.15) is 0 Å². The fraction of sp³-hybridized carbons (Fsp3) is 0.136. The summed E-state index contributed by atoms with van der Waals surface area (Å²) in [6.45, 7) is 4.15. The van der Waals surface area contributed by atoms with Crippen molar-refractivity contribution in [2.75, 3.05) is 5.32 Å². The number of benzene rings is 2. The first kappa shape index (κ1) is 16.0. The molecular formula is C22H21NO. The number of hydrogen-bond donors (Lipinski definition) is 1. The molecule has 0 heterocycles.